The molecule has 2 aliphatic rings. The third-order valence-electron chi connectivity index (χ3n) is 4.13. The summed E-state index contributed by atoms with van der Waals surface area (Å²) in [5.41, 5.74) is 0.509. The van der Waals surface area contributed by atoms with E-state index in [9.17, 15) is 13.2 Å². The van der Waals surface area contributed by atoms with Crippen molar-refractivity contribution in [3.63, 3.8) is 0 Å². The van der Waals surface area contributed by atoms with Gasteiger partial charge in [-0.3, -0.25) is 9.10 Å². The Morgan fingerprint density at radius 1 is 1.27 bits per heavy atom. The number of anilines is 1. The molecule has 0 radical (unpaired) electrons. The highest BCUT2D eigenvalue weighted by Crippen LogP contribution is 2.35. The molecule has 6 nitrogen and oxygen atoms in total. The maximum atomic E-state index is 12.6. The molecule has 0 saturated carbocycles. The summed E-state index contributed by atoms with van der Waals surface area (Å²) < 4.78 is 31.8. The highest BCUT2D eigenvalue weighted by Gasteiger charge is 2.38. The van der Waals surface area contributed by atoms with Crippen LogP contribution in [0.4, 0.5) is 5.69 Å². The minimum Gasteiger partial charge on any atom is -0.476 e. The van der Waals surface area contributed by atoms with Crippen molar-refractivity contribution in [1.29, 1.82) is 0 Å². The molecule has 0 spiro atoms. The quantitative estimate of drug-likeness (QED) is 0.839. The number of para-hydroxylation sites is 2. The molecule has 0 N–H and O–H groups in total. The number of amides is 1. The van der Waals surface area contributed by atoms with Crippen LogP contribution in [0.15, 0.2) is 24.3 Å². The minimum absolute atomic E-state index is 0.00798. The second-order valence-electron chi connectivity index (χ2n) is 5.54. The van der Waals surface area contributed by atoms with Gasteiger partial charge in [0.25, 0.3) is 5.91 Å². The summed E-state index contributed by atoms with van der Waals surface area (Å²) in [6.45, 7) is 3.09. The molecule has 1 fully saturated rings. The van der Waals surface area contributed by atoms with Crippen molar-refractivity contribution in [3.05, 3.63) is 24.3 Å². The van der Waals surface area contributed by atoms with Crippen molar-refractivity contribution in [2.24, 2.45) is 0 Å². The van der Waals surface area contributed by atoms with Gasteiger partial charge in [-0.1, -0.05) is 12.1 Å². The van der Waals surface area contributed by atoms with Gasteiger partial charge < -0.3 is 9.64 Å². The van der Waals surface area contributed by atoms with E-state index in [4.69, 9.17) is 4.74 Å². The van der Waals surface area contributed by atoms with E-state index in [0.717, 1.165) is 25.9 Å². The van der Waals surface area contributed by atoms with Gasteiger partial charge in [0.2, 0.25) is 10.0 Å². The molecule has 2 heterocycles. The third-order valence-corrected chi connectivity index (χ3v) is 5.88. The topological polar surface area (TPSA) is 66.9 Å². The van der Waals surface area contributed by atoms with Crippen molar-refractivity contribution in [2.75, 3.05) is 29.7 Å². The van der Waals surface area contributed by atoms with E-state index >= 15 is 0 Å². The minimum atomic E-state index is -3.44. The Morgan fingerprint density at radius 2 is 1.95 bits per heavy atom. The third kappa shape index (κ3) is 2.65. The number of carbonyl (C=O) groups is 1. The monoisotopic (exact) mass is 324 g/mol. The van der Waals surface area contributed by atoms with Gasteiger partial charge in [-0.25, -0.2) is 8.42 Å². The van der Waals surface area contributed by atoms with Crippen LogP contribution < -0.4 is 9.04 Å². The molecule has 0 aliphatic carbocycles. The summed E-state index contributed by atoms with van der Waals surface area (Å²) in [6.07, 6.45) is 1.22. The fourth-order valence-corrected chi connectivity index (χ4v) is 4.02. The predicted octanol–water partition coefficient (Wildman–Crippen LogP) is 1.23. The SMILES string of the molecule is CCS(=O)(=O)N1C[C@H](C(=O)N2CCCC2)Oc2ccccc21. The number of rotatable bonds is 3. The molecule has 7 heteroatoms. The van der Waals surface area contributed by atoms with E-state index < -0.39 is 16.1 Å². The Hall–Kier alpha value is -1.76. The Bertz CT molecular complexity index is 668. The first kappa shape index (κ1) is 15.1. The maximum absolute atomic E-state index is 12.6. The highest BCUT2D eigenvalue weighted by molar-refractivity contribution is 7.92. The largest absolute Gasteiger partial charge is 0.476 e. The molecule has 1 saturated heterocycles. The van der Waals surface area contributed by atoms with Crippen LogP contribution in [0.1, 0.15) is 19.8 Å². The summed E-state index contributed by atoms with van der Waals surface area (Å²) in [5.74, 6) is 0.318. The van der Waals surface area contributed by atoms with Crippen molar-refractivity contribution in [2.45, 2.75) is 25.9 Å². The molecule has 1 aromatic carbocycles. The second kappa shape index (κ2) is 5.79. The zero-order valence-corrected chi connectivity index (χ0v) is 13.4. The lowest BCUT2D eigenvalue weighted by Gasteiger charge is -2.35. The van der Waals surface area contributed by atoms with Crippen molar-refractivity contribution in [1.82, 2.24) is 4.90 Å². The van der Waals surface area contributed by atoms with Gasteiger partial charge in [0.05, 0.1) is 18.0 Å². The second-order valence-corrected chi connectivity index (χ2v) is 7.72. The predicted molar refractivity (Wildman–Crippen MR) is 83.5 cm³/mol. The molecule has 1 aromatic rings. The number of carbonyl (C=O) groups excluding carboxylic acids is 1. The number of sulfonamides is 1. The first-order chi connectivity index (χ1) is 10.5. The van der Waals surface area contributed by atoms with Gasteiger partial charge in [-0.05, 0) is 31.9 Å². The van der Waals surface area contributed by atoms with E-state index in [1.807, 2.05) is 0 Å². The van der Waals surface area contributed by atoms with Gasteiger partial charge in [-0.15, -0.1) is 0 Å². The van der Waals surface area contributed by atoms with Gasteiger partial charge in [0, 0.05) is 13.1 Å². The zero-order valence-electron chi connectivity index (χ0n) is 12.6. The van der Waals surface area contributed by atoms with E-state index in [1.165, 1.54) is 4.31 Å². The highest BCUT2D eigenvalue weighted by atomic mass is 32.2. The number of hydrogen-bond donors (Lipinski definition) is 0. The Morgan fingerprint density at radius 3 is 2.64 bits per heavy atom. The van der Waals surface area contributed by atoms with Crippen molar-refractivity contribution in [3.8, 4) is 5.75 Å². The summed E-state index contributed by atoms with van der Waals surface area (Å²) in [7, 11) is -3.44. The summed E-state index contributed by atoms with van der Waals surface area (Å²) in [6, 6.07) is 6.96. The van der Waals surface area contributed by atoms with Gasteiger partial charge in [-0.2, -0.15) is 0 Å². The molecular formula is C15H20N2O4S. The molecule has 0 aromatic heterocycles. The molecule has 2 aliphatic heterocycles. The summed E-state index contributed by atoms with van der Waals surface area (Å²) in [5, 5.41) is 0. The number of fused-ring (bicyclic) bond motifs is 1. The average Bonchev–Trinajstić information content (AvgIpc) is 3.07. The van der Waals surface area contributed by atoms with Crippen LogP contribution in [0, 0.1) is 0 Å². The number of nitrogens with zero attached hydrogens (tertiary/aromatic N) is 2. The van der Waals surface area contributed by atoms with Gasteiger partial charge in [0.1, 0.15) is 5.75 Å². The number of ether oxygens (including phenoxy) is 1. The molecule has 0 bridgehead atoms. The smallest absolute Gasteiger partial charge is 0.265 e. The van der Waals surface area contributed by atoms with Crippen molar-refractivity contribution >= 4 is 21.6 Å². The first-order valence-corrected chi connectivity index (χ1v) is 9.18. The van der Waals surface area contributed by atoms with E-state index in [2.05, 4.69) is 0 Å². The van der Waals surface area contributed by atoms with Crippen LogP contribution in [0.3, 0.4) is 0 Å². The van der Waals surface area contributed by atoms with Gasteiger partial charge in [0.15, 0.2) is 6.10 Å². The molecule has 22 heavy (non-hydrogen) atoms. The number of likely N-dealkylation sites (tertiary alicyclic amines) is 1. The molecule has 3 rings (SSSR count). The van der Waals surface area contributed by atoms with Crippen LogP contribution in [-0.2, 0) is 14.8 Å². The summed E-state index contributed by atoms with van der Waals surface area (Å²) in [4.78, 5) is 14.3. The molecule has 1 atom stereocenters. The molecular weight excluding hydrogens is 304 g/mol. The van der Waals surface area contributed by atoms with Crippen LogP contribution >= 0.6 is 0 Å². The Balaban J connectivity index is 1.92. The lowest BCUT2D eigenvalue weighted by atomic mass is 10.2. The molecule has 1 amide bonds. The van der Waals surface area contributed by atoms with E-state index in [1.54, 1.807) is 36.1 Å². The number of hydrogen-bond acceptors (Lipinski definition) is 4. The fourth-order valence-electron chi connectivity index (χ4n) is 2.89. The Kier molecular flexibility index (Phi) is 3.99. The van der Waals surface area contributed by atoms with Crippen LogP contribution in [0.2, 0.25) is 0 Å². The standard InChI is InChI=1S/C15H20N2O4S/c1-2-22(19,20)17-11-14(15(18)16-9-5-6-10-16)21-13-8-4-3-7-12(13)17/h3-4,7-8,14H,2,5-6,9-11H2,1H3/t14-/m1/s1. The first-order valence-electron chi connectivity index (χ1n) is 7.58. The van der Waals surface area contributed by atoms with Gasteiger partial charge >= 0.3 is 0 Å². The maximum Gasteiger partial charge on any atom is 0.265 e. The zero-order chi connectivity index (χ0) is 15.7. The fraction of sp³-hybridized carbons (Fsp3) is 0.533. The lowest BCUT2D eigenvalue weighted by molar-refractivity contribution is -0.137. The van der Waals surface area contributed by atoms with Crippen LogP contribution in [-0.4, -0.2) is 50.7 Å². The summed E-state index contributed by atoms with van der Waals surface area (Å²) >= 11 is 0. The van der Waals surface area contributed by atoms with Crippen molar-refractivity contribution < 1.29 is 17.9 Å². The van der Waals surface area contributed by atoms with Crippen LogP contribution in [0.5, 0.6) is 5.75 Å². The average molecular weight is 324 g/mol. The normalized spacial score (nSPS) is 21.4. The van der Waals surface area contributed by atoms with Crippen LogP contribution in [0.25, 0.3) is 0 Å². The molecule has 0 unspecified atom stereocenters. The lowest BCUT2D eigenvalue weighted by Crippen LogP contribution is -2.51. The molecule has 120 valence electrons. The van der Waals surface area contributed by atoms with E-state index in [-0.39, 0.29) is 18.2 Å². The van der Waals surface area contributed by atoms with E-state index in [0.29, 0.717) is 11.4 Å². The number of benzene rings is 1. The Labute approximate surface area is 130 Å².